The summed E-state index contributed by atoms with van der Waals surface area (Å²) in [5.41, 5.74) is 14.2. The number of nitrogens with zero attached hydrogens (tertiary/aromatic N) is 3. The summed E-state index contributed by atoms with van der Waals surface area (Å²) < 4.78 is 17.1. The Morgan fingerprint density at radius 1 is 1.11 bits per heavy atom. The fourth-order valence-corrected chi connectivity index (χ4v) is 2.88. The highest BCUT2D eigenvalue weighted by Crippen LogP contribution is 2.37. The smallest absolute Gasteiger partial charge is 0.221 e. The molecule has 0 aliphatic carbocycles. The largest absolute Gasteiger partial charge is 0.485 e. The van der Waals surface area contributed by atoms with E-state index in [2.05, 4.69) is 15.0 Å². The van der Waals surface area contributed by atoms with Crippen molar-refractivity contribution in [2.24, 2.45) is 0 Å². The summed E-state index contributed by atoms with van der Waals surface area (Å²) in [6, 6.07) is 9.52. The van der Waals surface area contributed by atoms with Gasteiger partial charge < -0.3 is 25.7 Å². The number of nitrogens with two attached hydrogens (primary N) is 2. The van der Waals surface area contributed by atoms with Gasteiger partial charge in [-0.1, -0.05) is 6.07 Å². The molecule has 0 saturated carbocycles. The number of fused-ring (bicyclic) bond motifs is 1. The summed E-state index contributed by atoms with van der Waals surface area (Å²) >= 11 is 0. The first-order chi connectivity index (χ1) is 13.1. The molecule has 3 aromatic rings. The average molecular weight is 365 g/mol. The number of nitrogen functional groups attached to an aromatic ring is 2. The van der Waals surface area contributed by atoms with Crippen LogP contribution in [0.25, 0.3) is 0 Å². The molecule has 0 fully saturated rings. The Morgan fingerprint density at radius 3 is 2.74 bits per heavy atom. The Balaban J connectivity index is 1.50. The number of hydrogen-bond acceptors (Lipinski definition) is 8. The lowest BCUT2D eigenvalue weighted by Crippen LogP contribution is -2.21. The first-order valence-electron chi connectivity index (χ1n) is 8.41. The van der Waals surface area contributed by atoms with E-state index in [4.69, 9.17) is 25.7 Å². The van der Waals surface area contributed by atoms with E-state index in [1.807, 2.05) is 24.3 Å². The molecule has 0 bridgehead atoms. The highest BCUT2D eigenvalue weighted by Gasteiger charge is 2.23. The summed E-state index contributed by atoms with van der Waals surface area (Å²) in [6.07, 6.45) is 3.73. The summed E-state index contributed by atoms with van der Waals surface area (Å²) in [7, 11) is 1.58. The Bertz CT molecular complexity index is 962. The number of methoxy groups -OCH3 is 1. The molecule has 0 spiro atoms. The zero-order valence-electron chi connectivity index (χ0n) is 14.8. The van der Waals surface area contributed by atoms with Crippen molar-refractivity contribution >= 4 is 11.8 Å². The molecular formula is C19H19N5O3. The van der Waals surface area contributed by atoms with E-state index < -0.39 is 0 Å². The molecule has 4 rings (SSSR count). The molecule has 8 heteroatoms. The van der Waals surface area contributed by atoms with Crippen molar-refractivity contribution in [3.05, 3.63) is 59.4 Å². The molecule has 1 aliphatic heterocycles. The van der Waals surface area contributed by atoms with E-state index >= 15 is 0 Å². The number of aromatic nitrogens is 3. The highest BCUT2D eigenvalue weighted by atomic mass is 16.6. The van der Waals surface area contributed by atoms with Gasteiger partial charge in [-0.2, -0.15) is 4.98 Å². The van der Waals surface area contributed by atoms with E-state index in [1.165, 1.54) is 0 Å². The minimum Gasteiger partial charge on any atom is -0.485 e. The Hall–Kier alpha value is -3.55. The number of anilines is 2. The standard InChI is InChI=1S/C19H19N5O3/c1-25-17-5-3-12(8-22-17)16-10-26-15-7-11(2-4-14(15)27-16)6-13-9-23-19(21)24-18(13)20/h2-5,7-9,16H,6,10H2,1H3,(H4,20,21,23,24). The van der Waals surface area contributed by atoms with Crippen LogP contribution in [0, 0.1) is 0 Å². The van der Waals surface area contributed by atoms with E-state index in [1.54, 1.807) is 25.6 Å². The third-order valence-electron chi connectivity index (χ3n) is 4.32. The van der Waals surface area contributed by atoms with Crippen molar-refractivity contribution in [1.82, 2.24) is 15.0 Å². The van der Waals surface area contributed by atoms with Gasteiger partial charge >= 0.3 is 0 Å². The lowest BCUT2D eigenvalue weighted by Gasteiger charge is -2.27. The van der Waals surface area contributed by atoms with Crippen LogP contribution in [0.5, 0.6) is 17.4 Å². The van der Waals surface area contributed by atoms with E-state index in [0.29, 0.717) is 36.2 Å². The lowest BCUT2D eigenvalue weighted by atomic mass is 10.1. The normalized spacial score (nSPS) is 15.4. The summed E-state index contributed by atoms with van der Waals surface area (Å²) in [5.74, 6) is 2.49. The number of hydrogen-bond donors (Lipinski definition) is 2. The van der Waals surface area contributed by atoms with Gasteiger partial charge in [0, 0.05) is 36.0 Å². The van der Waals surface area contributed by atoms with E-state index in [9.17, 15) is 0 Å². The van der Waals surface area contributed by atoms with Crippen molar-refractivity contribution in [3.8, 4) is 17.4 Å². The van der Waals surface area contributed by atoms with E-state index in [0.717, 1.165) is 16.7 Å². The van der Waals surface area contributed by atoms with Crippen molar-refractivity contribution in [1.29, 1.82) is 0 Å². The zero-order valence-corrected chi connectivity index (χ0v) is 14.8. The van der Waals surface area contributed by atoms with Crippen LogP contribution in [0.2, 0.25) is 0 Å². The minimum atomic E-state index is -0.220. The fourth-order valence-electron chi connectivity index (χ4n) is 2.88. The van der Waals surface area contributed by atoms with Gasteiger partial charge in [-0.15, -0.1) is 0 Å². The average Bonchev–Trinajstić information content (AvgIpc) is 2.70. The van der Waals surface area contributed by atoms with Gasteiger partial charge in [0.2, 0.25) is 11.8 Å². The van der Waals surface area contributed by atoms with E-state index in [-0.39, 0.29) is 12.1 Å². The topological polar surface area (TPSA) is 118 Å². The second-order valence-corrected chi connectivity index (χ2v) is 6.15. The predicted molar refractivity (Wildman–Crippen MR) is 99.8 cm³/mol. The molecule has 138 valence electrons. The molecule has 1 aromatic carbocycles. The van der Waals surface area contributed by atoms with Crippen LogP contribution in [-0.4, -0.2) is 28.7 Å². The Labute approximate surface area is 156 Å². The number of ether oxygens (including phenoxy) is 3. The maximum Gasteiger partial charge on any atom is 0.221 e. The maximum atomic E-state index is 6.06. The SMILES string of the molecule is COc1ccc(C2COc3cc(Cc4cnc(N)nc4N)ccc3O2)cn1. The van der Waals surface area contributed by atoms with Crippen LogP contribution >= 0.6 is 0 Å². The van der Waals surface area contributed by atoms with Gasteiger partial charge in [-0.3, -0.25) is 0 Å². The molecule has 4 N–H and O–H groups in total. The first kappa shape index (κ1) is 16.9. The number of pyridine rings is 1. The van der Waals surface area contributed by atoms with Crippen LogP contribution in [0.3, 0.4) is 0 Å². The molecule has 1 atom stereocenters. The quantitative estimate of drug-likeness (QED) is 0.722. The predicted octanol–water partition coefficient (Wildman–Crippen LogP) is 2.15. The third-order valence-corrected chi connectivity index (χ3v) is 4.32. The van der Waals surface area contributed by atoms with Crippen molar-refractivity contribution in [2.75, 3.05) is 25.2 Å². The van der Waals surface area contributed by atoms with Crippen LogP contribution in [0.15, 0.2) is 42.7 Å². The van der Waals surface area contributed by atoms with Crippen LogP contribution in [0.1, 0.15) is 22.8 Å². The monoisotopic (exact) mass is 365 g/mol. The highest BCUT2D eigenvalue weighted by molar-refractivity contribution is 5.48. The maximum absolute atomic E-state index is 6.06. The Kier molecular flexibility index (Phi) is 4.37. The molecule has 2 aromatic heterocycles. The van der Waals surface area contributed by atoms with Crippen molar-refractivity contribution in [2.45, 2.75) is 12.5 Å². The second-order valence-electron chi connectivity index (χ2n) is 6.15. The molecule has 3 heterocycles. The zero-order chi connectivity index (χ0) is 18.8. The first-order valence-corrected chi connectivity index (χ1v) is 8.41. The van der Waals surface area contributed by atoms with Gasteiger partial charge in [0.15, 0.2) is 17.6 Å². The molecule has 1 aliphatic rings. The fraction of sp³-hybridized carbons (Fsp3) is 0.211. The molecular weight excluding hydrogens is 346 g/mol. The molecule has 27 heavy (non-hydrogen) atoms. The number of rotatable bonds is 4. The summed E-state index contributed by atoms with van der Waals surface area (Å²) in [5, 5.41) is 0. The Morgan fingerprint density at radius 2 is 2.00 bits per heavy atom. The third kappa shape index (κ3) is 3.55. The summed E-state index contributed by atoms with van der Waals surface area (Å²) in [6.45, 7) is 0.400. The van der Waals surface area contributed by atoms with Gasteiger partial charge in [-0.25, -0.2) is 9.97 Å². The second kappa shape index (κ2) is 6.99. The summed E-state index contributed by atoms with van der Waals surface area (Å²) in [4.78, 5) is 12.2. The molecule has 1 unspecified atom stereocenters. The van der Waals surface area contributed by atoms with Crippen molar-refractivity contribution in [3.63, 3.8) is 0 Å². The van der Waals surface area contributed by atoms with Gasteiger partial charge in [0.1, 0.15) is 12.4 Å². The van der Waals surface area contributed by atoms with Gasteiger partial charge in [-0.05, 0) is 23.8 Å². The van der Waals surface area contributed by atoms with Crippen LogP contribution in [-0.2, 0) is 6.42 Å². The number of benzene rings is 1. The van der Waals surface area contributed by atoms with Crippen LogP contribution < -0.4 is 25.7 Å². The molecule has 0 amide bonds. The molecule has 0 saturated heterocycles. The van der Waals surface area contributed by atoms with Crippen LogP contribution in [0.4, 0.5) is 11.8 Å². The minimum absolute atomic E-state index is 0.164. The molecule has 8 nitrogen and oxygen atoms in total. The van der Waals surface area contributed by atoms with Gasteiger partial charge in [0.05, 0.1) is 7.11 Å². The van der Waals surface area contributed by atoms with Crippen molar-refractivity contribution < 1.29 is 14.2 Å². The van der Waals surface area contributed by atoms with Gasteiger partial charge in [0.25, 0.3) is 0 Å². The lowest BCUT2D eigenvalue weighted by molar-refractivity contribution is 0.0909. The molecule has 0 radical (unpaired) electrons.